The van der Waals surface area contributed by atoms with Crippen molar-refractivity contribution in [3.05, 3.63) is 36.6 Å². The zero-order valence-electron chi connectivity index (χ0n) is 46.6. The molecule has 10 N–H and O–H groups in total. The minimum atomic E-state index is -1.02. The Kier molecular flexibility index (Phi) is 54.0. The van der Waals surface area contributed by atoms with E-state index in [2.05, 4.69) is 21.4 Å². The molecule has 25 nitrogen and oxygen atoms in total. The van der Waals surface area contributed by atoms with Crippen molar-refractivity contribution in [2.45, 2.75) is 134 Å². The molecule has 0 saturated heterocycles. The molecule has 0 bridgehead atoms. The highest BCUT2D eigenvalue weighted by Crippen LogP contribution is 2.19. The fourth-order valence-corrected chi connectivity index (χ4v) is 8.18. The first-order valence-electron chi connectivity index (χ1n) is 24.9. The number of amides is 5. The average molecular weight is 1240 g/mol. The van der Waals surface area contributed by atoms with Crippen molar-refractivity contribution < 1.29 is 115 Å². The van der Waals surface area contributed by atoms with E-state index in [9.17, 15) is 63.3 Å². The van der Waals surface area contributed by atoms with Crippen LogP contribution in [0.25, 0.3) is 0 Å². The molecule has 2 rings (SSSR count). The first kappa shape index (κ1) is 82.1. The summed E-state index contributed by atoms with van der Waals surface area (Å²) in [6.45, 7) is 5.94. The Hall–Kier alpha value is -4.40. The van der Waals surface area contributed by atoms with Gasteiger partial charge in [0.2, 0.25) is 5.91 Å². The maximum absolute atomic E-state index is 11.8. The summed E-state index contributed by atoms with van der Waals surface area (Å²) in [4.78, 5) is 115. The predicted octanol–water partition coefficient (Wildman–Crippen LogP) is -2.40. The van der Waals surface area contributed by atoms with E-state index in [4.69, 9.17) is 30.3 Å². The van der Waals surface area contributed by atoms with Gasteiger partial charge in [-0.1, -0.05) is 56.7 Å². The molecule has 0 spiro atoms. The molecule has 0 fully saturated rings. The smallest absolute Gasteiger partial charge is 0.335 e. The number of halogens is 1. The topological polar surface area (TPSA) is 385 Å². The minimum Gasteiger partial charge on any atom is -1.00 e. The van der Waals surface area contributed by atoms with Crippen molar-refractivity contribution in [3.8, 4) is 0 Å². The van der Waals surface area contributed by atoms with E-state index < -0.39 is 66.1 Å². The number of esters is 2. The van der Waals surface area contributed by atoms with E-state index in [0.29, 0.717) is 56.6 Å². The number of hydrogen-bond acceptors (Lipinski definition) is 25. The van der Waals surface area contributed by atoms with Crippen molar-refractivity contribution in [1.29, 1.82) is 0 Å². The highest BCUT2D eigenvalue weighted by Gasteiger charge is 2.25. The zero-order valence-corrected chi connectivity index (χ0v) is 50.7. The number of hydroxylamine groups is 1. The number of hydrogen-bond donors (Lipinski definition) is 9. The Balaban J connectivity index is -0.000000486. The van der Waals surface area contributed by atoms with Gasteiger partial charge in [0.1, 0.15) is 17.3 Å². The molecule has 3 atom stereocenters. The number of aliphatic hydroxyl groups is 5. The van der Waals surface area contributed by atoms with Gasteiger partial charge in [-0.05, 0) is 38.2 Å². The molecule has 3 unspecified atom stereocenters. The van der Waals surface area contributed by atoms with Gasteiger partial charge in [-0.15, -0.1) is 0 Å². The van der Waals surface area contributed by atoms with Crippen molar-refractivity contribution >= 4 is 108 Å². The van der Waals surface area contributed by atoms with Crippen LogP contribution in [0.4, 0.5) is 0 Å². The van der Waals surface area contributed by atoms with Crippen LogP contribution >= 0.6 is 43.2 Å². The molecule has 5 amide bonds. The van der Waals surface area contributed by atoms with Gasteiger partial charge >= 0.3 is 17.8 Å². The molecule has 2 aliphatic heterocycles. The number of rotatable bonds is 37. The summed E-state index contributed by atoms with van der Waals surface area (Å²) >= 11 is 0. The number of imide groups is 2. The van der Waals surface area contributed by atoms with Crippen molar-refractivity contribution in [2.75, 3.05) is 78.6 Å². The molecule has 2 heterocycles. The van der Waals surface area contributed by atoms with Crippen LogP contribution in [0.2, 0.25) is 0 Å². The first-order valence-corrected chi connectivity index (χ1v) is 30.3. The molecule has 0 aromatic rings. The summed E-state index contributed by atoms with van der Waals surface area (Å²) < 4.78 is 18.1. The van der Waals surface area contributed by atoms with Crippen molar-refractivity contribution in [3.63, 3.8) is 0 Å². The lowest BCUT2D eigenvalue weighted by atomic mass is 10.0. The van der Waals surface area contributed by atoms with E-state index in [1.807, 2.05) is 24.9 Å². The normalized spacial score (nSPS) is 13.2. The van der Waals surface area contributed by atoms with E-state index in [1.165, 1.54) is 28.4 Å². The van der Waals surface area contributed by atoms with Crippen molar-refractivity contribution in [2.24, 2.45) is 0 Å². The fourth-order valence-electron chi connectivity index (χ4n) is 5.76. The molecule has 0 saturated carbocycles. The average Bonchev–Trinajstić information content (AvgIpc) is 3.92. The minimum absolute atomic E-state index is 0. The quantitative estimate of drug-likeness (QED) is 0.00457. The number of aliphatic hydroxyl groups excluding tert-OH is 5. The molecule has 80 heavy (non-hydrogen) atoms. The van der Waals surface area contributed by atoms with E-state index in [0.717, 1.165) is 45.6 Å². The molecule has 460 valence electrons. The third-order valence-electron chi connectivity index (χ3n) is 10.5. The van der Waals surface area contributed by atoms with Crippen LogP contribution in [-0.4, -0.2) is 214 Å². The number of methoxy groups -OCH3 is 4. The number of carbonyl (C=O) groups is 10. The Bertz CT molecular complexity index is 1760. The molecule has 0 radical (unpaired) electrons. The van der Waals surface area contributed by atoms with Gasteiger partial charge in [0, 0.05) is 113 Å². The van der Waals surface area contributed by atoms with Crippen LogP contribution in [0.5, 0.6) is 0 Å². The summed E-state index contributed by atoms with van der Waals surface area (Å²) in [7, 11) is 12.0. The fraction of sp³-hybridized carbons (Fsp3) is 0.660. The molecule has 30 heteroatoms. The number of nitrogens with zero attached hydrogens (tertiary/aromatic N) is 2. The third kappa shape index (κ3) is 47.3. The van der Waals surface area contributed by atoms with Crippen LogP contribution in [0, 0.1) is 0 Å². The highest BCUT2D eigenvalue weighted by atomic mass is 35.5. The zero-order chi connectivity index (χ0) is 60.7. The molecule has 0 aliphatic carbocycles. The van der Waals surface area contributed by atoms with Gasteiger partial charge in [0.15, 0.2) is 0 Å². The maximum atomic E-state index is 11.8. The number of ether oxygens (including phenoxy) is 4. The van der Waals surface area contributed by atoms with Gasteiger partial charge < -0.3 is 67.4 Å². The Morgan fingerprint density at radius 3 is 1.32 bits per heavy atom. The second-order valence-electron chi connectivity index (χ2n) is 16.8. The molecule has 0 aromatic heterocycles. The lowest BCUT2D eigenvalue weighted by Gasteiger charge is -2.14. The number of nitrogens with two attached hydrogens (primary N) is 1. The van der Waals surface area contributed by atoms with Crippen LogP contribution in [0.15, 0.2) is 36.6 Å². The summed E-state index contributed by atoms with van der Waals surface area (Å²) in [6.07, 6.45) is 8.45. The Morgan fingerprint density at radius 1 is 0.562 bits per heavy atom. The summed E-state index contributed by atoms with van der Waals surface area (Å²) in [5, 5.41) is 62.6. The van der Waals surface area contributed by atoms with E-state index in [1.54, 1.807) is 43.2 Å². The standard InChI is InChI=1S/C19H22N2O7.C12H23NO3S4.C8H15NO3.C7H12O5.C4H11NO2.ClH/c22-13(1-3-14(23)9-11-20-16(25)5-6-17(20)26)2-4-15(24)10-12-21-18(27)7-8-19(21)28;1-17-19-7-5-10(14)3-4-11(15)9-13-12(16)6-8-20-18-2;1-6(11-2)4-7(10)5-8(9)12-3;1-11-6(9)3-5(8)4-7(10)12-2;1-2-4(6)3-5-7;/h5-8,13,22H,1-4,9-12H2;11,15H,3-9H2,1-2H3,(H,13,16);7,9-10H,1,4-5H2,2-3H3;5,8H,3-4H2,1-2H3;4-7H,2-3H2,1H3;1H. The van der Waals surface area contributed by atoms with Crippen LogP contribution < -0.4 is 28.6 Å². The Morgan fingerprint density at radius 2 is 0.963 bits per heavy atom. The molecular formula is C50H84ClN5O20S4. The number of ketones is 3. The highest BCUT2D eigenvalue weighted by molar-refractivity contribution is 8.76. The number of Topliss-reactive ketones (excluding diaryl/α,β-unsaturated/α-hetero) is 3. The lowest BCUT2D eigenvalue weighted by molar-refractivity contribution is -0.147. The van der Waals surface area contributed by atoms with Gasteiger partial charge in [0.25, 0.3) is 23.6 Å². The number of nitrogens with one attached hydrogen (secondary N) is 2. The summed E-state index contributed by atoms with van der Waals surface area (Å²) in [5.74, 6) is -0.665. The largest absolute Gasteiger partial charge is 1.00 e. The van der Waals surface area contributed by atoms with Crippen molar-refractivity contribution in [1.82, 2.24) is 20.6 Å². The van der Waals surface area contributed by atoms with Gasteiger partial charge in [-0.3, -0.25) is 57.7 Å². The monoisotopic (exact) mass is 1240 g/mol. The lowest BCUT2D eigenvalue weighted by Crippen LogP contribution is -3.00. The first-order chi connectivity index (χ1) is 37.4. The molecule has 0 aromatic carbocycles. The predicted molar refractivity (Wildman–Crippen MR) is 301 cm³/mol. The van der Waals surface area contributed by atoms with E-state index >= 15 is 0 Å². The van der Waals surface area contributed by atoms with Gasteiger partial charge in [-0.2, -0.15) is 0 Å². The van der Waals surface area contributed by atoms with Crippen LogP contribution in [0.3, 0.4) is 0 Å². The molecule has 2 aliphatic rings. The second kappa shape index (κ2) is 52.7. The Labute approximate surface area is 490 Å². The third-order valence-corrected chi connectivity index (χ3v) is 14.1. The molecular weight excluding hydrogens is 1150 g/mol. The SMILES string of the molecule is C=C(CC(O)CC(=[NH2+])OC)OC.CCC(O)CNO.COC(=O)CC(O)CC(=O)OC.CSSCCC(=O)CCC(O)CNC(=O)CCSSC.O=C(CCC(O)CCC(=O)CCN1C(=O)C=CC1=O)CCN1C(=O)C=CC1=O.[Cl-]. The summed E-state index contributed by atoms with van der Waals surface area (Å²) in [5.41, 5.74) is 1.87. The van der Waals surface area contributed by atoms with Crippen LogP contribution in [0.1, 0.15) is 103 Å². The summed E-state index contributed by atoms with van der Waals surface area (Å²) in [6, 6.07) is 0. The number of carbonyl (C=O) groups excluding carboxylic acids is 10. The van der Waals surface area contributed by atoms with Crippen LogP contribution in [-0.2, 0) is 66.9 Å². The van der Waals surface area contributed by atoms with E-state index in [-0.39, 0.29) is 113 Å². The maximum Gasteiger partial charge on any atom is 0.335 e. The van der Waals surface area contributed by atoms with Gasteiger partial charge in [-0.25, -0.2) is 10.9 Å². The second-order valence-corrected chi connectivity index (χ2v) is 22.1. The van der Waals surface area contributed by atoms with Gasteiger partial charge in [0.05, 0.1) is 84.0 Å².